The number of fused-ring (bicyclic) bond motifs is 1. The van der Waals surface area contributed by atoms with Crippen LogP contribution in [0.2, 0.25) is 0 Å². The molecule has 7 nitrogen and oxygen atoms in total. The number of hydrogen-bond donors (Lipinski definition) is 1. The Balaban J connectivity index is 1.93. The summed E-state index contributed by atoms with van der Waals surface area (Å²) >= 11 is 0. The number of aromatic nitrogens is 5. The van der Waals surface area contributed by atoms with Crippen LogP contribution in [-0.4, -0.2) is 30.5 Å². The summed E-state index contributed by atoms with van der Waals surface area (Å²) in [6.45, 7) is 11.8. The number of nitrogens with one attached hydrogen (secondary N) is 1. The molecule has 132 valence electrons. The van der Waals surface area contributed by atoms with Crippen molar-refractivity contribution in [1.82, 2.24) is 29.9 Å². The van der Waals surface area contributed by atoms with Gasteiger partial charge in [-0.05, 0) is 46.8 Å². The lowest BCUT2D eigenvalue weighted by atomic mass is 10.1. The summed E-state index contributed by atoms with van der Waals surface area (Å²) in [7, 11) is 0. The minimum atomic E-state index is -0.115. The summed E-state index contributed by atoms with van der Waals surface area (Å²) in [5.74, 6) is -0.115. The van der Waals surface area contributed by atoms with Gasteiger partial charge in [0.15, 0.2) is 5.65 Å². The highest BCUT2D eigenvalue weighted by atomic mass is 16.1. The molecule has 0 bridgehead atoms. The maximum absolute atomic E-state index is 12.8. The summed E-state index contributed by atoms with van der Waals surface area (Å²) in [6.07, 6.45) is 0. The Hall–Kier alpha value is -2.70. The Kier molecular flexibility index (Phi) is 4.57. The molecular formula is C18H24N6O. The van der Waals surface area contributed by atoms with Crippen molar-refractivity contribution >= 4 is 16.9 Å². The second-order valence-electron chi connectivity index (χ2n) is 6.19. The number of amides is 1. The van der Waals surface area contributed by atoms with E-state index in [2.05, 4.69) is 20.5 Å². The van der Waals surface area contributed by atoms with E-state index >= 15 is 0 Å². The van der Waals surface area contributed by atoms with Gasteiger partial charge in [0, 0.05) is 18.8 Å². The van der Waals surface area contributed by atoms with Crippen molar-refractivity contribution in [3.05, 3.63) is 40.5 Å². The number of hydrogen-bond acceptors (Lipinski definition) is 4. The number of nitrogens with zero attached hydrogens (tertiary/aromatic N) is 5. The molecule has 3 heterocycles. The van der Waals surface area contributed by atoms with Crippen molar-refractivity contribution in [2.24, 2.45) is 0 Å². The highest BCUT2D eigenvalue weighted by molar-refractivity contribution is 6.06. The SMILES string of the molecule is CCn1nc(C)cc1CNC(=O)c1cc(C)nc2c1c(C)nn2CC. The predicted molar refractivity (Wildman–Crippen MR) is 96.5 cm³/mol. The van der Waals surface area contributed by atoms with Crippen molar-refractivity contribution in [3.8, 4) is 0 Å². The molecule has 3 rings (SSSR count). The Morgan fingerprint density at radius 1 is 1.04 bits per heavy atom. The first-order valence-electron chi connectivity index (χ1n) is 8.60. The van der Waals surface area contributed by atoms with Crippen LogP contribution >= 0.6 is 0 Å². The third-order valence-electron chi connectivity index (χ3n) is 4.26. The molecule has 0 aromatic carbocycles. The van der Waals surface area contributed by atoms with Gasteiger partial charge in [-0.2, -0.15) is 10.2 Å². The van der Waals surface area contributed by atoms with Crippen molar-refractivity contribution in [2.45, 2.75) is 54.3 Å². The number of pyridine rings is 1. The van der Waals surface area contributed by atoms with Gasteiger partial charge >= 0.3 is 0 Å². The van der Waals surface area contributed by atoms with Crippen LogP contribution in [-0.2, 0) is 19.6 Å². The van der Waals surface area contributed by atoms with Crippen LogP contribution in [0, 0.1) is 20.8 Å². The molecule has 0 radical (unpaired) electrons. The molecule has 0 saturated heterocycles. The van der Waals surface area contributed by atoms with Gasteiger partial charge in [0.25, 0.3) is 5.91 Å². The second-order valence-corrected chi connectivity index (χ2v) is 6.19. The fourth-order valence-corrected chi connectivity index (χ4v) is 3.16. The molecule has 25 heavy (non-hydrogen) atoms. The average Bonchev–Trinajstić information content (AvgIpc) is 3.11. The highest BCUT2D eigenvalue weighted by Crippen LogP contribution is 2.22. The van der Waals surface area contributed by atoms with Crippen LogP contribution < -0.4 is 5.32 Å². The van der Waals surface area contributed by atoms with Gasteiger partial charge in [-0.15, -0.1) is 0 Å². The van der Waals surface area contributed by atoms with E-state index in [1.54, 1.807) is 0 Å². The number of aryl methyl sites for hydroxylation is 5. The Bertz CT molecular complexity index is 937. The van der Waals surface area contributed by atoms with E-state index in [0.717, 1.165) is 46.9 Å². The summed E-state index contributed by atoms with van der Waals surface area (Å²) in [5, 5.41) is 12.8. The van der Waals surface area contributed by atoms with Gasteiger partial charge in [-0.25, -0.2) is 9.67 Å². The van der Waals surface area contributed by atoms with Crippen molar-refractivity contribution < 1.29 is 4.79 Å². The number of rotatable bonds is 5. The van der Waals surface area contributed by atoms with Crippen molar-refractivity contribution in [1.29, 1.82) is 0 Å². The molecule has 0 aliphatic heterocycles. The number of carbonyl (C=O) groups is 1. The monoisotopic (exact) mass is 340 g/mol. The zero-order valence-corrected chi connectivity index (χ0v) is 15.4. The zero-order chi connectivity index (χ0) is 18.1. The van der Waals surface area contributed by atoms with Gasteiger partial charge in [0.05, 0.1) is 34.6 Å². The Labute approximate surface area is 147 Å². The molecule has 0 atom stereocenters. The van der Waals surface area contributed by atoms with Crippen molar-refractivity contribution in [3.63, 3.8) is 0 Å². The minimum Gasteiger partial charge on any atom is -0.346 e. The van der Waals surface area contributed by atoms with Gasteiger partial charge in [-0.1, -0.05) is 0 Å². The fraction of sp³-hybridized carbons (Fsp3) is 0.444. The molecule has 0 unspecified atom stereocenters. The first-order chi connectivity index (χ1) is 11.9. The van der Waals surface area contributed by atoms with E-state index in [4.69, 9.17) is 0 Å². The van der Waals surface area contributed by atoms with Crippen molar-refractivity contribution in [2.75, 3.05) is 0 Å². The first-order valence-corrected chi connectivity index (χ1v) is 8.60. The van der Waals surface area contributed by atoms with Crippen LogP contribution in [0.4, 0.5) is 0 Å². The van der Waals surface area contributed by atoms with E-state index in [9.17, 15) is 4.79 Å². The summed E-state index contributed by atoms with van der Waals surface area (Å²) in [4.78, 5) is 17.4. The fourth-order valence-electron chi connectivity index (χ4n) is 3.16. The van der Waals surface area contributed by atoms with E-state index in [1.807, 2.05) is 56.1 Å². The average molecular weight is 340 g/mol. The summed E-state index contributed by atoms with van der Waals surface area (Å²) in [6, 6.07) is 3.83. The molecule has 0 aliphatic rings. The highest BCUT2D eigenvalue weighted by Gasteiger charge is 2.18. The molecule has 0 fully saturated rings. The molecular weight excluding hydrogens is 316 g/mol. The molecule has 0 saturated carbocycles. The molecule has 1 N–H and O–H groups in total. The van der Waals surface area contributed by atoms with Crippen LogP contribution in [0.3, 0.4) is 0 Å². The number of carbonyl (C=O) groups excluding carboxylic acids is 1. The van der Waals surface area contributed by atoms with Crippen LogP contribution in [0.5, 0.6) is 0 Å². The predicted octanol–water partition coefficient (Wildman–Crippen LogP) is 2.52. The quantitative estimate of drug-likeness (QED) is 0.774. The van der Waals surface area contributed by atoms with Crippen LogP contribution in [0.25, 0.3) is 11.0 Å². The molecule has 0 spiro atoms. The van der Waals surface area contributed by atoms with Crippen LogP contribution in [0.1, 0.15) is 47.0 Å². The maximum Gasteiger partial charge on any atom is 0.252 e. The van der Waals surface area contributed by atoms with Gasteiger partial charge in [0.1, 0.15) is 0 Å². The lowest BCUT2D eigenvalue weighted by molar-refractivity contribution is 0.0951. The van der Waals surface area contributed by atoms with E-state index in [1.165, 1.54) is 0 Å². The first kappa shape index (κ1) is 17.1. The lowest BCUT2D eigenvalue weighted by Gasteiger charge is -2.09. The summed E-state index contributed by atoms with van der Waals surface area (Å²) in [5.41, 5.74) is 4.97. The Morgan fingerprint density at radius 2 is 1.76 bits per heavy atom. The van der Waals surface area contributed by atoms with E-state index in [-0.39, 0.29) is 5.91 Å². The third kappa shape index (κ3) is 3.14. The van der Waals surface area contributed by atoms with E-state index < -0.39 is 0 Å². The van der Waals surface area contributed by atoms with Gasteiger partial charge < -0.3 is 5.32 Å². The zero-order valence-electron chi connectivity index (χ0n) is 15.4. The van der Waals surface area contributed by atoms with Gasteiger partial charge in [-0.3, -0.25) is 9.48 Å². The van der Waals surface area contributed by atoms with E-state index in [0.29, 0.717) is 12.1 Å². The van der Waals surface area contributed by atoms with Gasteiger partial charge in [0.2, 0.25) is 0 Å². The molecule has 3 aromatic rings. The Morgan fingerprint density at radius 3 is 2.44 bits per heavy atom. The third-order valence-corrected chi connectivity index (χ3v) is 4.26. The lowest BCUT2D eigenvalue weighted by Crippen LogP contribution is -2.25. The minimum absolute atomic E-state index is 0.115. The maximum atomic E-state index is 12.8. The molecule has 1 amide bonds. The standard InChI is InChI=1S/C18H24N6O/c1-6-23-14(8-12(4)21-23)10-19-18(25)15-9-11(3)20-17-16(15)13(5)22-24(17)7-2/h8-9H,6-7,10H2,1-5H3,(H,19,25). The molecule has 3 aromatic heterocycles. The molecule has 7 heteroatoms. The topological polar surface area (TPSA) is 77.6 Å². The normalized spacial score (nSPS) is 11.2. The smallest absolute Gasteiger partial charge is 0.252 e. The summed E-state index contributed by atoms with van der Waals surface area (Å²) < 4.78 is 3.74. The van der Waals surface area contributed by atoms with Crippen LogP contribution in [0.15, 0.2) is 12.1 Å². The largest absolute Gasteiger partial charge is 0.346 e. The second kappa shape index (κ2) is 6.66. The molecule has 0 aliphatic carbocycles.